The van der Waals surface area contributed by atoms with Crippen LogP contribution in [-0.2, 0) is 29.7 Å². The van der Waals surface area contributed by atoms with Crippen molar-refractivity contribution in [3.8, 4) is 0 Å². The molecule has 2 aromatic heterocycles. The lowest BCUT2D eigenvalue weighted by atomic mass is 10.2. The number of rotatable bonds is 6. The maximum atomic E-state index is 12.9. The molecule has 1 saturated heterocycles. The zero-order valence-electron chi connectivity index (χ0n) is 16.0. The Morgan fingerprint density at radius 1 is 0.923 bits per heavy atom. The molecule has 0 atom stereocenters. The molecule has 2 aromatic rings. The Hall–Kier alpha value is -1.71. The average Bonchev–Trinajstić information content (AvgIpc) is 3.18. The van der Waals surface area contributed by atoms with Gasteiger partial charge in [0, 0.05) is 57.1 Å². The van der Waals surface area contributed by atoms with Crippen molar-refractivity contribution in [1.29, 1.82) is 0 Å². The monoisotopic (exact) mass is 380 g/mol. The topological polar surface area (TPSA) is 76.3 Å². The van der Waals surface area contributed by atoms with Crippen molar-refractivity contribution in [2.75, 3.05) is 26.2 Å². The molecule has 9 heteroatoms. The Labute approximate surface area is 155 Å². The summed E-state index contributed by atoms with van der Waals surface area (Å²) in [5.41, 5.74) is 3.10. The summed E-state index contributed by atoms with van der Waals surface area (Å²) in [6.45, 7) is 12.7. The van der Waals surface area contributed by atoms with Crippen LogP contribution >= 0.6 is 0 Å². The van der Waals surface area contributed by atoms with Crippen molar-refractivity contribution >= 4 is 10.0 Å². The Kier molecular flexibility index (Phi) is 5.50. The average molecular weight is 381 g/mol. The lowest BCUT2D eigenvalue weighted by Crippen LogP contribution is -2.48. The highest BCUT2D eigenvalue weighted by atomic mass is 32.2. The van der Waals surface area contributed by atoms with Gasteiger partial charge in [-0.05, 0) is 27.7 Å². The molecule has 1 fully saturated rings. The van der Waals surface area contributed by atoms with Gasteiger partial charge < -0.3 is 0 Å². The molecule has 0 radical (unpaired) electrons. The van der Waals surface area contributed by atoms with E-state index in [1.807, 2.05) is 24.7 Å². The molecule has 1 aliphatic rings. The smallest absolute Gasteiger partial charge is 0.246 e. The van der Waals surface area contributed by atoms with Crippen LogP contribution in [0.5, 0.6) is 0 Å². The van der Waals surface area contributed by atoms with Crippen LogP contribution in [0.15, 0.2) is 17.3 Å². The maximum Gasteiger partial charge on any atom is 0.246 e. The van der Waals surface area contributed by atoms with E-state index < -0.39 is 10.0 Å². The van der Waals surface area contributed by atoms with Crippen molar-refractivity contribution in [3.05, 3.63) is 29.3 Å². The number of hydrogen-bond donors (Lipinski definition) is 0. The summed E-state index contributed by atoms with van der Waals surface area (Å²) in [6.07, 6.45) is 3.40. The third-order valence-electron chi connectivity index (χ3n) is 5.21. The first-order valence-corrected chi connectivity index (χ1v) is 10.6. The van der Waals surface area contributed by atoms with E-state index in [4.69, 9.17) is 0 Å². The van der Waals surface area contributed by atoms with E-state index in [0.717, 1.165) is 26.2 Å². The largest absolute Gasteiger partial charge is 0.296 e. The van der Waals surface area contributed by atoms with Crippen LogP contribution in [0.2, 0.25) is 0 Å². The van der Waals surface area contributed by atoms with Gasteiger partial charge in [0.2, 0.25) is 10.0 Å². The predicted molar refractivity (Wildman–Crippen MR) is 99.3 cm³/mol. The summed E-state index contributed by atoms with van der Waals surface area (Å²) < 4.78 is 31.2. The number of nitrogens with zero attached hydrogens (tertiary/aromatic N) is 6. The van der Waals surface area contributed by atoms with Gasteiger partial charge in [0.05, 0.1) is 18.1 Å². The molecule has 0 saturated carbocycles. The van der Waals surface area contributed by atoms with Gasteiger partial charge in [-0.3, -0.25) is 14.3 Å². The highest BCUT2D eigenvalue weighted by Crippen LogP contribution is 2.21. The second-order valence-electron chi connectivity index (χ2n) is 6.66. The molecule has 0 amide bonds. The van der Waals surface area contributed by atoms with E-state index in [1.54, 1.807) is 8.99 Å². The third-order valence-corrected chi connectivity index (χ3v) is 7.21. The summed E-state index contributed by atoms with van der Waals surface area (Å²) in [6, 6.07) is 0. The first-order valence-electron chi connectivity index (χ1n) is 9.14. The molecule has 0 aliphatic carbocycles. The molecule has 26 heavy (non-hydrogen) atoms. The van der Waals surface area contributed by atoms with Gasteiger partial charge in [-0.1, -0.05) is 0 Å². The second-order valence-corrected chi connectivity index (χ2v) is 8.57. The summed E-state index contributed by atoms with van der Waals surface area (Å²) in [4.78, 5) is 2.62. The molecular weight excluding hydrogens is 352 g/mol. The van der Waals surface area contributed by atoms with Gasteiger partial charge in [-0.25, -0.2) is 8.42 Å². The Morgan fingerprint density at radius 3 is 2.04 bits per heavy atom. The van der Waals surface area contributed by atoms with Crippen LogP contribution < -0.4 is 0 Å². The molecule has 144 valence electrons. The van der Waals surface area contributed by atoms with Gasteiger partial charge in [0.25, 0.3) is 0 Å². The van der Waals surface area contributed by atoms with E-state index in [1.165, 1.54) is 17.5 Å². The molecule has 0 N–H and O–H groups in total. The molecule has 0 spiro atoms. The minimum Gasteiger partial charge on any atom is -0.296 e. The summed E-state index contributed by atoms with van der Waals surface area (Å²) in [7, 11) is -3.48. The zero-order valence-corrected chi connectivity index (χ0v) is 16.8. The summed E-state index contributed by atoms with van der Waals surface area (Å²) >= 11 is 0. The highest BCUT2D eigenvalue weighted by molar-refractivity contribution is 7.89. The van der Waals surface area contributed by atoms with Crippen LogP contribution in [-0.4, -0.2) is 63.4 Å². The molecule has 3 heterocycles. The van der Waals surface area contributed by atoms with Crippen LogP contribution in [0.4, 0.5) is 0 Å². The third kappa shape index (κ3) is 3.43. The maximum absolute atomic E-state index is 12.9. The lowest BCUT2D eigenvalue weighted by molar-refractivity contribution is 0.181. The Balaban J connectivity index is 1.65. The fourth-order valence-electron chi connectivity index (χ4n) is 3.47. The minimum absolute atomic E-state index is 0.327. The van der Waals surface area contributed by atoms with E-state index in [0.29, 0.717) is 30.2 Å². The SMILES string of the molecule is CCn1ncc(CN2CCN(S(=O)(=O)c3cnn(CC)c3C)CC2)c1C. The fourth-order valence-corrected chi connectivity index (χ4v) is 5.05. The van der Waals surface area contributed by atoms with Crippen molar-refractivity contribution in [3.63, 3.8) is 0 Å². The quantitative estimate of drug-likeness (QED) is 0.754. The molecule has 1 aliphatic heterocycles. The van der Waals surface area contributed by atoms with Crippen molar-refractivity contribution in [1.82, 2.24) is 28.8 Å². The molecule has 0 unspecified atom stereocenters. The molecule has 3 rings (SSSR count). The number of aryl methyl sites for hydroxylation is 2. The van der Waals surface area contributed by atoms with Crippen LogP contribution in [0.3, 0.4) is 0 Å². The van der Waals surface area contributed by atoms with Crippen LogP contribution in [0.25, 0.3) is 0 Å². The molecule has 0 aromatic carbocycles. The van der Waals surface area contributed by atoms with Gasteiger partial charge in [0.1, 0.15) is 4.90 Å². The van der Waals surface area contributed by atoms with E-state index in [9.17, 15) is 8.42 Å². The van der Waals surface area contributed by atoms with E-state index in [-0.39, 0.29) is 0 Å². The second kappa shape index (κ2) is 7.50. The standard InChI is InChI=1S/C17H28N6O2S/c1-5-22-14(3)16(11-18-22)13-20-7-9-21(10-8-20)26(24,25)17-12-19-23(6-2)15(17)4/h11-12H,5-10,13H2,1-4H3. The van der Waals surface area contributed by atoms with E-state index >= 15 is 0 Å². The van der Waals surface area contributed by atoms with Crippen molar-refractivity contribution < 1.29 is 8.42 Å². The molecule has 8 nitrogen and oxygen atoms in total. The van der Waals surface area contributed by atoms with Crippen LogP contribution in [0.1, 0.15) is 30.8 Å². The predicted octanol–water partition coefficient (Wildman–Crippen LogP) is 1.24. The summed E-state index contributed by atoms with van der Waals surface area (Å²) in [5.74, 6) is 0. The first-order chi connectivity index (χ1) is 12.4. The van der Waals surface area contributed by atoms with Gasteiger partial charge >= 0.3 is 0 Å². The number of aromatic nitrogens is 4. The zero-order chi connectivity index (χ0) is 18.9. The molecule has 0 bridgehead atoms. The first kappa shape index (κ1) is 19.1. The lowest BCUT2D eigenvalue weighted by Gasteiger charge is -2.33. The highest BCUT2D eigenvalue weighted by Gasteiger charge is 2.31. The number of piperazine rings is 1. The Bertz CT molecular complexity index is 862. The molecular formula is C17H28N6O2S. The number of sulfonamides is 1. The minimum atomic E-state index is -3.48. The van der Waals surface area contributed by atoms with Gasteiger partial charge in [0.15, 0.2) is 0 Å². The van der Waals surface area contributed by atoms with Crippen molar-refractivity contribution in [2.24, 2.45) is 0 Å². The van der Waals surface area contributed by atoms with Gasteiger partial charge in [-0.15, -0.1) is 0 Å². The number of hydrogen-bond acceptors (Lipinski definition) is 5. The fraction of sp³-hybridized carbons (Fsp3) is 0.647. The van der Waals surface area contributed by atoms with E-state index in [2.05, 4.69) is 28.9 Å². The van der Waals surface area contributed by atoms with Crippen LogP contribution in [0, 0.1) is 13.8 Å². The van der Waals surface area contributed by atoms with Gasteiger partial charge in [-0.2, -0.15) is 14.5 Å². The summed E-state index contributed by atoms with van der Waals surface area (Å²) in [5, 5.41) is 8.57. The Morgan fingerprint density at radius 2 is 1.50 bits per heavy atom. The normalized spacial score (nSPS) is 17.1. The van der Waals surface area contributed by atoms with Crippen molar-refractivity contribution in [2.45, 2.75) is 52.2 Å².